The maximum atomic E-state index is 13.2. The zero-order valence-electron chi connectivity index (χ0n) is 13.8. The van der Waals surface area contributed by atoms with Crippen LogP contribution >= 0.6 is 11.3 Å². The van der Waals surface area contributed by atoms with Gasteiger partial charge in [0, 0.05) is 17.5 Å². The van der Waals surface area contributed by atoms with Crippen LogP contribution < -0.4 is 5.32 Å². The molecular weight excluding hydrogens is 332 g/mol. The smallest absolute Gasteiger partial charge is 0.233 e. The summed E-state index contributed by atoms with van der Waals surface area (Å²) < 4.78 is 0. The molecule has 2 unspecified atom stereocenters. The van der Waals surface area contributed by atoms with Gasteiger partial charge in [0.05, 0.1) is 5.41 Å². The van der Waals surface area contributed by atoms with Crippen LogP contribution in [0.25, 0.3) is 0 Å². The van der Waals surface area contributed by atoms with Gasteiger partial charge in [-0.1, -0.05) is 36.4 Å². The number of aromatic nitrogens is 1. The number of hydrogen-bond donors (Lipinski definition) is 2. The zero-order valence-corrected chi connectivity index (χ0v) is 14.6. The van der Waals surface area contributed by atoms with Crippen molar-refractivity contribution in [1.82, 2.24) is 4.98 Å². The minimum Gasteiger partial charge on any atom is -0.508 e. The number of rotatable bonds is 3. The lowest BCUT2D eigenvalue weighted by Gasteiger charge is -2.31. The highest BCUT2D eigenvalue weighted by Gasteiger charge is 2.48. The predicted molar refractivity (Wildman–Crippen MR) is 98.9 cm³/mol. The van der Waals surface area contributed by atoms with Crippen molar-refractivity contribution in [2.45, 2.75) is 19.3 Å². The number of phenols is 1. The summed E-state index contributed by atoms with van der Waals surface area (Å²) in [5, 5.41) is 15.3. The lowest BCUT2D eigenvalue weighted by atomic mass is 9.73. The van der Waals surface area contributed by atoms with Crippen molar-refractivity contribution < 1.29 is 9.90 Å². The van der Waals surface area contributed by atoms with Gasteiger partial charge in [0.25, 0.3) is 0 Å². The van der Waals surface area contributed by atoms with Gasteiger partial charge < -0.3 is 10.4 Å². The van der Waals surface area contributed by atoms with Gasteiger partial charge in [-0.05, 0) is 42.2 Å². The number of thiazole rings is 1. The number of aromatic hydroxyl groups is 1. The Hall–Kier alpha value is -2.66. The van der Waals surface area contributed by atoms with Crippen LogP contribution in [0.4, 0.5) is 5.13 Å². The lowest BCUT2D eigenvalue weighted by molar-refractivity contribution is -0.125. The van der Waals surface area contributed by atoms with E-state index in [2.05, 4.69) is 22.4 Å². The topological polar surface area (TPSA) is 62.2 Å². The van der Waals surface area contributed by atoms with Crippen molar-refractivity contribution in [1.29, 1.82) is 0 Å². The molecule has 0 spiro atoms. The predicted octanol–water partition coefficient (Wildman–Crippen LogP) is 4.18. The molecule has 4 rings (SSSR count). The molecule has 0 bridgehead atoms. The third kappa shape index (κ3) is 2.70. The van der Waals surface area contributed by atoms with E-state index in [-0.39, 0.29) is 17.6 Å². The fourth-order valence-electron chi connectivity index (χ4n) is 3.81. The van der Waals surface area contributed by atoms with Gasteiger partial charge in [-0.25, -0.2) is 4.98 Å². The Morgan fingerprint density at radius 3 is 2.88 bits per heavy atom. The van der Waals surface area contributed by atoms with Gasteiger partial charge in [-0.3, -0.25) is 4.79 Å². The summed E-state index contributed by atoms with van der Waals surface area (Å²) in [6.07, 6.45) is 2.33. The number of fused-ring (bicyclic) bond motifs is 1. The maximum Gasteiger partial charge on any atom is 0.233 e. The van der Waals surface area contributed by atoms with Crippen molar-refractivity contribution in [3.8, 4) is 5.75 Å². The van der Waals surface area contributed by atoms with Gasteiger partial charge in [0.1, 0.15) is 5.75 Å². The van der Waals surface area contributed by atoms with E-state index >= 15 is 0 Å². The fraction of sp³-hybridized carbons (Fsp3) is 0.200. The lowest BCUT2D eigenvalue weighted by Crippen LogP contribution is -2.37. The summed E-state index contributed by atoms with van der Waals surface area (Å²) in [5.74, 6) is 0.0484. The number of anilines is 1. The molecule has 1 heterocycles. The van der Waals surface area contributed by atoms with Crippen LogP contribution in [0, 0.1) is 5.41 Å². The van der Waals surface area contributed by atoms with Crippen LogP contribution in [0.5, 0.6) is 5.75 Å². The third-order valence-electron chi connectivity index (χ3n) is 4.94. The molecule has 4 nitrogen and oxygen atoms in total. The first-order valence-corrected chi connectivity index (χ1v) is 9.03. The number of benzene rings is 2. The zero-order chi connectivity index (χ0) is 17.4. The summed E-state index contributed by atoms with van der Waals surface area (Å²) in [7, 11) is 0. The number of hydrogen-bond acceptors (Lipinski definition) is 4. The van der Waals surface area contributed by atoms with E-state index in [1.54, 1.807) is 18.3 Å². The van der Waals surface area contributed by atoms with Gasteiger partial charge >= 0.3 is 0 Å². The number of carbonyl (C=O) groups is 1. The summed E-state index contributed by atoms with van der Waals surface area (Å²) in [6.45, 7) is 1.99. The molecule has 25 heavy (non-hydrogen) atoms. The molecule has 1 aromatic heterocycles. The van der Waals surface area contributed by atoms with Crippen LogP contribution in [0.1, 0.15) is 29.5 Å². The van der Waals surface area contributed by atoms with E-state index in [4.69, 9.17) is 0 Å². The highest BCUT2D eigenvalue weighted by molar-refractivity contribution is 7.13. The fourth-order valence-corrected chi connectivity index (χ4v) is 4.33. The molecule has 0 radical (unpaired) electrons. The minimum absolute atomic E-state index is 0.0491. The van der Waals surface area contributed by atoms with Gasteiger partial charge in [0.15, 0.2) is 5.13 Å². The summed E-state index contributed by atoms with van der Waals surface area (Å²) in [4.78, 5) is 17.3. The first kappa shape index (κ1) is 15.8. The standard InChI is InChI=1S/C20H18N2O2S/c1-20(18(24)22-19-21-9-10-25-19)12-14-5-2-3-8-16(14)17(20)13-6-4-7-15(23)11-13/h2-11,17,23H,12H2,1H3,(H,21,22,24). The Bertz CT molecular complexity index is 923. The molecule has 1 aliphatic rings. The second kappa shape index (κ2) is 6.01. The average Bonchev–Trinajstić information content (AvgIpc) is 3.20. The Morgan fingerprint density at radius 2 is 2.12 bits per heavy atom. The van der Waals surface area contributed by atoms with Crippen LogP contribution in [0.15, 0.2) is 60.1 Å². The van der Waals surface area contributed by atoms with E-state index in [9.17, 15) is 9.90 Å². The molecule has 5 heteroatoms. The Balaban J connectivity index is 1.79. The van der Waals surface area contributed by atoms with Gasteiger partial charge in [-0.15, -0.1) is 11.3 Å². The number of carbonyl (C=O) groups excluding carboxylic acids is 1. The normalized spacial score (nSPS) is 21.7. The molecule has 2 atom stereocenters. The third-order valence-corrected chi connectivity index (χ3v) is 5.62. The van der Waals surface area contributed by atoms with E-state index < -0.39 is 5.41 Å². The highest BCUT2D eigenvalue weighted by Crippen LogP contribution is 2.51. The Morgan fingerprint density at radius 1 is 1.28 bits per heavy atom. The Labute approximate surface area is 150 Å². The monoisotopic (exact) mass is 350 g/mol. The number of amides is 1. The molecule has 1 aliphatic carbocycles. The van der Waals surface area contributed by atoms with Crippen LogP contribution in [-0.2, 0) is 11.2 Å². The average molecular weight is 350 g/mol. The quantitative estimate of drug-likeness (QED) is 0.745. The number of phenolic OH excluding ortho intramolecular Hbond substituents is 1. The molecule has 1 amide bonds. The highest BCUT2D eigenvalue weighted by atomic mass is 32.1. The van der Waals surface area contributed by atoms with E-state index in [0.29, 0.717) is 11.6 Å². The summed E-state index contributed by atoms with van der Waals surface area (Å²) >= 11 is 1.41. The largest absolute Gasteiger partial charge is 0.508 e. The SMILES string of the molecule is CC1(C(=O)Nc2nccs2)Cc2ccccc2C1c1cccc(O)c1. The second-order valence-corrected chi connectivity index (χ2v) is 7.51. The summed E-state index contributed by atoms with van der Waals surface area (Å²) in [6, 6.07) is 15.4. The van der Waals surface area contributed by atoms with Crippen molar-refractivity contribution in [2.24, 2.45) is 5.41 Å². The van der Waals surface area contributed by atoms with Crippen molar-refractivity contribution in [3.05, 3.63) is 76.8 Å². The van der Waals surface area contributed by atoms with Crippen LogP contribution in [-0.4, -0.2) is 16.0 Å². The number of nitrogens with one attached hydrogen (secondary N) is 1. The van der Waals surface area contributed by atoms with Gasteiger partial charge in [0.2, 0.25) is 5.91 Å². The molecule has 126 valence electrons. The van der Waals surface area contributed by atoms with E-state index in [0.717, 1.165) is 11.1 Å². The molecule has 3 aromatic rings. The van der Waals surface area contributed by atoms with Crippen LogP contribution in [0.2, 0.25) is 0 Å². The number of nitrogens with zero attached hydrogens (tertiary/aromatic N) is 1. The molecule has 0 saturated heterocycles. The van der Waals surface area contributed by atoms with Crippen molar-refractivity contribution in [2.75, 3.05) is 5.32 Å². The summed E-state index contributed by atoms with van der Waals surface area (Å²) in [5.41, 5.74) is 2.61. The molecular formula is C20H18N2O2S. The molecule has 0 saturated carbocycles. The van der Waals surface area contributed by atoms with Crippen molar-refractivity contribution in [3.63, 3.8) is 0 Å². The second-order valence-electron chi connectivity index (χ2n) is 6.61. The molecule has 2 N–H and O–H groups in total. The first-order chi connectivity index (χ1) is 12.1. The molecule has 2 aromatic carbocycles. The van der Waals surface area contributed by atoms with E-state index in [1.807, 2.05) is 36.6 Å². The van der Waals surface area contributed by atoms with Crippen LogP contribution in [0.3, 0.4) is 0 Å². The molecule has 0 fully saturated rings. The minimum atomic E-state index is -0.650. The maximum absolute atomic E-state index is 13.2. The van der Waals surface area contributed by atoms with Crippen molar-refractivity contribution >= 4 is 22.4 Å². The van der Waals surface area contributed by atoms with Gasteiger partial charge in [-0.2, -0.15) is 0 Å². The first-order valence-electron chi connectivity index (χ1n) is 8.15. The van der Waals surface area contributed by atoms with E-state index in [1.165, 1.54) is 16.9 Å². The molecule has 0 aliphatic heterocycles. The Kier molecular flexibility index (Phi) is 3.81.